The van der Waals surface area contributed by atoms with Crippen LogP contribution in [0.2, 0.25) is 0 Å². The Kier molecular flexibility index (Phi) is 46.8. The molecule has 1 atom stereocenters. The number of hydrogen-bond acceptors (Lipinski definition) is 6. The fourth-order valence-electron chi connectivity index (χ4n) is 7.49. The van der Waals surface area contributed by atoms with E-state index in [0.717, 1.165) is 70.6 Å². The minimum absolute atomic E-state index is 0.0738. The van der Waals surface area contributed by atoms with Gasteiger partial charge in [-0.05, 0) is 70.6 Å². The van der Waals surface area contributed by atoms with Crippen LogP contribution in [0.3, 0.4) is 0 Å². The largest absolute Gasteiger partial charge is 0.462 e. The van der Waals surface area contributed by atoms with Gasteiger partial charge in [0.1, 0.15) is 13.2 Å². The second kappa shape index (κ2) is 48.6. The summed E-state index contributed by atoms with van der Waals surface area (Å²) in [5.74, 6) is -0.880. The van der Waals surface area contributed by atoms with E-state index in [1.807, 2.05) is 0 Å². The molecule has 0 spiro atoms. The Hall–Kier alpha value is -2.11. The highest BCUT2D eigenvalue weighted by molar-refractivity contribution is 5.71. The van der Waals surface area contributed by atoms with E-state index in [1.165, 1.54) is 167 Å². The second-order valence-electron chi connectivity index (χ2n) is 17.4. The summed E-state index contributed by atoms with van der Waals surface area (Å²) < 4.78 is 16.8. The molecule has 6 nitrogen and oxygen atoms in total. The predicted molar refractivity (Wildman–Crippen MR) is 252 cm³/mol. The quantitative estimate of drug-likeness (QED) is 0.0263. The first-order chi connectivity index (χ1) is 29.0. The summed E-state index contributed by atoms with van der Waals surface area (Å²) in [7, 11) is 0. The predicted octanol–water partition coefficient (Wildman–Crippen LogP) is 16.8. The molecule has 0 fully saturated rings. The third-order valence-electron chi connectivity index (χ3n) is 11.4. The lowest BCUT2D eigenvalue weighted by Crippen LogP contribution is -2.30. The van der Waals surface area contributed by atoms with E-state index in [2.05, 4.69) is 45.1 Å². The number of hydrogen-bond donors (Lipinski definition) is 0. The van der Waals surface area contributed by atoms with Crippen LogP contribution in [0.4, 0.5) is 0 Å². The molecule has 0 aromatic carbocycles. The van der Waals surface area contributed by atoms with Crippen LogP contribution in [0.25, 0.3) is 0 Å². The zero-order chi connectivity index (χ0) is 43.0. The Morgan fingerprint density at radius 2 is 0.559 bits per heavy atom. The van der Waals surface area contributed by atoms with Crippen LogP contribution in [-0.4, -0.2) is 37.2 Å². The van der Waals surface area contributed by atoms with Crippen LogP contribution in [0, 0.1) is 0 Å². The van der Waals surface area contributed by atoms with E-state index >= 15 is 0 Å². The van der Waals surface area contributed by atoms with Crippen molar-refractivity contribution in [1.29, 1.82) is 0 Å². The Morgan fingerprint density at radius 3 is 0.847 bits per heavy atom. The lowest BCUT2D eigenvalue weighted by Gasteiger charge is -2.18. The second-order valence-corrected chi connectivity index (χ2v) is 17.4. The fourth-order valence-corrected chi connectivity index (χ4v) is 7.49. The molecule has 0 rings (SSSR count). The number of rotatable bonds is 47. The van der Waals surface area contributed by atoms with E-state index in [1.54, 1.807) is 0 Å². The van der Waals surface area contributed by atoms with E-state index in [9.17, 15) is 14.4 Å². The van der Waals surface area contributed by atoms with Crippen LogP contribution >= 0.6 is 0 Å². The Balaban J connectivity index is 4.35. The summed E-state index contributed by atoms with van der Waals surface area (Å²) in [5, 5.41) is 0. The molecule has 0 aliphatic carbocycles. The van der Waals surface area contributed by atoms with Gasteiger partial charge in [-0.25, -0.2) is 0 Å². The molecular formula is C53H98O6. The first-order valence-corrected chi connectivity index (χ1v) is 25.8. The minimum Gasteiger partial charge on any atom is -0.462 e. The van der Waals surface area contributed by atoms with Gasteiger partial charge in [-0.15, -0.1) is 0 Å². The Morgan fingerprint density at radius 1 is 0.322 bits per heavy atom. The molecule has 0 aliphatic rings. The molecule has 346 valence electrons. The van der Waals surface area contributed by atoms with Crippen molar-refractivity contribution in [2.75, 3.05) is 13.2 Å². The maximum Gasteiger partial charge on any atom is 0.306 e. The third-order valence-corrected chi connectivity index (χ3v) is 11.4. The van der Waals surface area contributed by atoms with Crippen molar-refractivity contribution in [2.45, 2.75) is 284 Å². The SMILES string of the molecule is CCCCCCC/C=C\CCCCCCCC(=O)O[C@@H](COC(=O)CCCCCCC/C=C\CCCCCCCCC)COC(=O)CCCCCCCCCCCCC. The molecule has 0 radical (unpaired) electrons. The van der Waals surface area contributed by atoms with Crippen molar-refractivity contribution in [3.63, 3.8) is 0 Å². The van der Waals surface area contributed by atoms with Crippen molar-refractivity contribution in [3.8, 4) is 0 Å². The molecule has 59 heavy (non-hydrogen) atoms. The molecule has 0 N–H and O–H groups in total. The van der Waals surface area contributed by atoms with Gasteiger partial charge in [0.2, 0.25) is 0 Å². The summed E-state index contributed by atoms with van der Waals surface area (Å²) in [6, 6.07) is 0. The Labute approximate surface area is 366 Å². The van der Waals surface area contributed by atoms with E-state index in [0.29, 0.717) is 19.3 Å². The van der Waals surface area contributed by atoms with E-state index < -0.39 is 6.10 Å². The van der Waals surface area contributed by atoms with Crippen molar-refractivity contribution < 1.29 is 28.6 Å². The molecule has 0 bridgehead atoms. The monoisotopic (exact) mass is 831 g/mol. The standard InChI is InChI=1S/C53H98O6/c1-4-7-10-13-16-19-22-24-26-27-29-31-34-37-40-43-46-52(55)58-49-50(48-57-51(54)45-42-39-36-33-30-21-18-15-12-9-6-3)59-53(56)47-44-41-38-35-32-28-25-23-20-17-14-11-8-5-2/h23,25-27,50H,4-22,24,28-49H2,1-3H3/b25-23-,27-26-/t50-/m1/s1. The highest BCUT2D eigenvalue weighted by atomic mass is 16.6. The number of carbonyl (C=O) groups is 3. The normalized spacial score (nSPS) is 12.1. The zero-order valence-electron chi connectivity index (χ0n) is 39.5. The third kappa shape index (κ3) is 46.8. The highest BCUT2D eigenvalue weighted by Crippen LogP contribution is 2.15. The number of allylic oxidation sites excluding steroid dienone is 4. The van der Waals surface area contributed by atoms with Gasteiger partial charge in [-0.2, -0.15) is 0 Å². The minimum atomic E-state index is -0.773. The van der Waals surface area contributed by atoms with Gasteiger partial charge >= 0.3 is 17.9 Å². The fraction of sp³-hybridized carbons (Fsp3) is 0.868. The zero-order valence-corrected chi connectivity index (χ0v) is 39.5. The average Bonchev–Trinajstić information content (AvgIpc) is 3.23. The molecule has 6 heteroatoms. The summed E-state index contributed by atoms with van der Waals surface area (Å²) in [6.07, 6.45) is 54.4. The first kappa shape index (κ1) is 56.9. The lowest BCUT2D eigenvalue weighted by atomic mass is 10.1. The lowest BCUT2D eigenvalue weighted by molar-refractivity contribution is -0.167. The van der Waals surface area contributed by atoms with Crippen LogP contribution < -0.4 is 0 Å². The average molecular weight is 831 g/mol. The summed E-state index contributed by atoms with van der Waals surface area (Å²) in [5.41, 5.74) is 0. The topological polar surface area (TPSA) is 78.9 Å². The number of unbranched alkanes of at least 4 members (excludes halogenated alkanes) is 32. The molecule has 0 aromatic heterocycles. The highest BCUT2D eigenvalue weighted by Gasteiger charge is 2.19. The molecule has 0 aliphatic heterocycles. The molecule has 0 aromatic rings. The van der Waals surface area contributed by atoms with Gasteiger partial charge in [0.25, 0.3) is 0 Å². The van der Waals surface area contributed by atoms with Gasteiger partial charge in [0.05, 0.1) is 0 Å². The van der Waals surface area contributed by atoms with Gasteiger partial charge < -0.3 is 14.2 Å². The smallest absolute Gasteiger partial charge is 0.306 e. The summed E-state index contributed by atoms with van der Waals surface area (Å²) >= 11 is 0. The van der Waals surface area contributed by atoms with Gasteiger partial charge in [-0.1, -0.05) is 212 Å². The van der Waals surface area contributed by atoms with Crippen molar-refractivity contribution >= 4 is 17.9 Å². The number of esters is 3. The van der Waals surface area contributed by atoms with Gasteiger partial charge in [0.15, 0.2) is 6.10 Å². The molecule has 0 unspecified atom stereocenters. The number of carbonyl (C=O) groups excluding carboxylic acids is 3. The first-order valence-electron chi connectivity index (χ1n) is 25.8. The summed E-state index contributed by atoms with van der Waals surface area (Å²) in [4.78, 5) is 37.9. The maximum atomic E-state index is 12.8. The Bertz CT molecular complexity index is 958. The van der Waals surface area contributed by atoms with Crippen LogP contribution in [0.1, 0.15) is 278 Å². The van der Waals surface area contributed by atoms with Crippen LogP contribution in [0.15, 0.2) is 24.3 Å². The molecular weight excluding hydrogens is 733 g/mol. The summed E-state index contributed by atoms with van der Waals surface area (Å²) in [6.45, 7) is 6.63. The molecule has 0 saturated carbocycles. The molecule has 0 saturated heterocycles. The van der Waals surface area contributed by atoms with E-state index in [4.69, 9.17) is 14.2 Å². The van der Waals surface area contributed by atoms with Crippen molar-refractivity contribution in [3.05, 3.63) is 24.3 Å². The van der Waals surface area contributed by atoms with Crippen LogP contribution in [0.5, 0.6) is 0 Å². The van der Waals surface area contributed by atoms with Gasteiger partial charge in [0, 0.05) is 19.3 Å². The maximum absolute atomic E-state index is 12.8. The number of ether oxygens (including phenoxy) is 3. The molecule has 0 amide bonds. The van der Waals surface area contributed by atoms with Crippen LogP contribution in [-0.2, 0) is 28.6 Å². The van der Waals surface area contributed by atoms with E-state index in [-0.39, 0.29) is 31.1 Å². The van der Waals surface area contributed by atoms with Gasteiger partial charge in [-0.3, -0.25) is 14.4 Å². The molecule has 0 heterocycles. The van der Waals surface area contributed by atoms with Crippen molar-refractivity contribution in [1.82, 2.24) is 0 Å². The van der Waals surface area contributed by atoms with Crippen molar-refractivity contribution in [2.24, 2.45) is 0 Å².